The molecular formula is C25H20Cl2F2N2O2. The largest absolute Gasteiger partial charge is 0.346 e. The van der Waals surface area contributed by atoms with Gasteiger partial charge in [-0.3, -0.25) is 9.59 Å². The Balaban J connectivity index is 1.61. The highest BCUT2D eigenvalue weighted by molar-refractivity contribution is 6.31. The lowest BCUT2D eigenvalue weighted by Crippen LogP contribution is -2.40. The van der Waals surface area contributed by atoms with Crippen molar-refractivity contribution in [3.05, 3.63) is 99.0 Å². The Kier molecular flexibility index (Phi) is 6.41. The average Bonchev–Trinajstić information content (AvgIpc) is 2.79. The maximum absolute atomic E-state index is 14.9. The Morgan fingerprint density at radius 1 is 0.970 bits per heavy atom. The Hall–Kier alpha value is -2.96. The molecule has 0 radical (unpaired) electrons. The molecule has 1 heterocycles. The number of rotatable bonds is 4. The predicted octanol–water partition coefficient (Wildman–Crippen LogP) is 6.63. The Morgan fingerprint density at radius 3 is 2.39 bits per heavy atom. The predicted molar refractivity (Wildman–Crippen MR) is 125 cm³/mol. The molecule has 0 saturated carbocycles. The highest BCUT2D eigenvalue weighted by Gasteiger charge is 2.41. The van der Waals surface area contributed by atoms with Gasteiger partial charge in [0.1, 0.15) is 0 Å². The van der Waals surface area contributed by atoms with E-state index in [9.17, 15) is 18.4 Å². The van der Waals surface area contributed by atoms with E-state index in [1.807, 2.05) is 0 Å². The van der Waals surface area contributed by atoms with Crippen molar-refractivity contribution in [2.75, 3.05) is 11.4 Å². The van der Waals surface area contributed by atoms with Crippen molar-refractivity contribution in [3.8, 4) is 0 Å². The molecule has 3 aromatic carbocycles. The van der Waals surface area contributed by atoms with Crippen LogP contribution in [0, 0.1) is 0 Å². The first-order valence-corrected chi connectivity index (χ1v) is 11.1. The van der Waals surface area contributed by atoms with Crippen molar-refractivity contribution in [2.24, 2.45) is 0 Å². The van der Waals surface area contributed by atoms with Crippen molar-refractivity contribution >= 4 is 40.7 Å². The molecule has 1 aliphatic heterocycles. The number of nitrogens with zero attached hydrogens (tertiary/aromatic N) is 1. The molecule has 1 aliphatic rings. The summed E-state index contributed by atoms with van der Waals surface area (Å²) in [4.78, 5) is 26.9. The Bertz CT molecular complexity index is 1220. The molecule has 2 amide bonds. The van der Waals surface area contributed by atoms with Crippen LogP contribution in [-0.2, 0) is 5.92 Å². The van der Waals surface area contributed by atoms with Crippen molar-refractivity contribution in [1.82, 2.24) is 5.32 Å². The molecule has 3 aromatic rings. The molecule has 0 fully saturated rings. The third-order valence-electron chi connectivity index (χ3n) is 5.63. The van der Waals surface area contributed by atoms with Crippen LogP contribution in [0.4, 0.5) is 14.5 Å². The lowest BCUT2D eigenvalue weighted by atomic mass is 9.93. The summed E-state index contributed by atoms with van der Waals surface area (Å²) in [5, 5.41) is 3.71. The molecular weight excluding hydrogens is 469 g/mol. The number of hydrogen-bond donors (Lipinski definition) is 1. The standard InChI is InChI=1S/C25H20Cl2F2N2O2/c1-15(30-23(32)16-5-8-19(26)9-6-16)17-7-10-22-21(14-17)25(28,29)11-12-31(22)24(33)18-3-2-4-20(27)13-18/h2-10,13-15H,11-12H2,1H3,(H,30,32)/t15-/m1/s1. The molecule has 0 aliphatic carbocycles. The van der Waals surface area contributed by atoms with Crippen LogP contribution in [0.1, 0.15) is 51.2 Å². The molecule has 0 saturated heterocycles. The summed E-state index contributed by atoms with van der Waals surface area (Å²) in [6, 6.07) is 16.8. The van der Waals surface area contributed by atoms with Crippen LogP contribution >= 0.6 is 23.2 Å². The van der Waals surface area contributed by atoms with Crippen molar-refractivity contribution in [2.45, 2.75) is 25.3 Å². The van der Waals surface area contributed by atoms with Crippen LogP contribution in [0.25, 0.3) is 0 Å². The summed E-state index contributed by atoms with van der Waals surface area (Å²) < 4.78 is 29.7. The minimum Gasteiger partial charge on any atom is -0.346 e. The van der Waals surface area contributed by atoms with Gasteiger partial charge in [0.05, 0.1) is 11.7 Å². The highest BCUT2D eigenvalue weighted by Crippen LogP contribution is 2.44. The van der Waals surface area contributed by atoms with Crippen LogP contribution in [0.3, 0.4) is 0 Å². The zero-order valence-electron chi connectivity index (χ0n) is 17.6. The number of hydrogen-bond acceptors (Lipinski definition) is 2. The highest BCUT2D eigenvalue weighted by atomic mass is 35.5. The van der Waals surface area contributed by atoms with Gasteiger partial charge < -0.3 is 10.2 Å². The van der Waals surface area contributed by atoms with E-state index in [0.717, 1.165) is 0 Å². The monoisotopic (exact) mass is 488 g/mol. The summed E-state index contributed by atoms with van der Waals surface area (Å²) in [5.74, 6) is -3.84. The van der Waals surface area contributed by atoms with Gasteiger partial charge in [-0.25, -0.2) is 8.78 Å². The maximum atomic E-state index is 14.9. The van der Waals surface area contributed by atoms with E-state index in [-0.39, 0.29) is 23.7 Å². The first-order chi connectivity index (χ1) is 15.7. The van der Waals surface area contributed by atoms with Crippen molar-refractivity contribution in [1.29, 1.82) is 0 Å². The van der Waals surface area contributed by atoms with E-state index in [1.165, 1.54) is 23.1 Å². The minimum absolute atomic E-state index is 0.118. The van der Waals surface area contributed by atoms with Gasteiger partial charge in [-0.05, 0) is 67.1 Å². The van der Waals surface area contributed by atoms with Crippen LogP contribution in [-0.4, -0.2) is 18.4 Å². The quantitative estimate of drug-likeness (QED) is 0.448. The number of amides is 2. The second-order valence-electron chi connectivity index (χ2n) is 7.90. The summed E-state index contributed by atoms with van der Waals surface area (Å²) in [5.41, 5.74) is 1.15. The van der Waals surface area contributed by atoms with E-state index in [4.69, 9.17) is 23.2 Å². The molecule has 170 valence electrons. The van der Waals surface area contributed by atoms with Crippen molar-refractivity contribution in [3.63, 3.8) is 0 Å². The maximum Gasteiger partial charge on any atom is 0.276 e. The zero-order valence-corrected chi connectivity index (χ0v) is 19.1. The third-order valence-corrected chi connectivity index (χ3v) is 6.11. The number of halogens is 4. The van der Waals surface area contributed by atoms with Crippen molar-refractivity contribution < 1.29 is 18.4 Å². The molecule has 1 atom stereocenters. The topological polar surface area (TPSA) is 49.4 Å². The first kappa shape index (κ1) is 23.2. The third kappa shape index (κ3) is 4.87. The van der Waals surface area contributed by atoms with Crippen LogP contribution in [0.5, 0.6) is 0 Å². The second kappa shape index (κ2) is 9.12. The average molecular weight is 489 g/mol. The first-order valence-electron chi connectivity index (χ1n) is 10.3. The van der Waals surface area contributed by atoms with E-state index in [2.05, 4.69) is 5.32 Å². The SMILES string of the molecule is C[C@@H](NC(=O)c1ccc(Cl)cc1)c1ccc2c(c1)C(F)(F)CCN2C(=O)c1cccc(Cl)c1. The molecule has 33 heavy (non-hydrogen) atoms. The molecule has 1 N–H and O–H groups in total. The molecule has 4 nitrogen and oxygen atoms in total. The molecule has 0 spiro atoms. The van der Waals surface area contributed by atoms with E-state index < -0.39 is 24.3 Å². The van der Waals surface area contributed by atoms with Gasteiger partial charge in [-0.2, -0.15) is 0 Å². The second-order valence-corrected chi connectivity index (χ2v) is 8.77. The number of nitrogens with one attached hydrogen (secondary N) is 1. The van der Waals surface area contributed by atoms with Crippen LogP contribution in [0.2, 0.25) is 10.0 Å². The molecule has 0 unspecified atom stereocenters. The van der Waals surface area contributed by atoms with Gasteiger partial charge in [-0.15, -0.1) is 0 Å². The fraction of sp³-hybridized carbons (Fsp3) is 0.200. The number of benzene rings is 3. The number of carbonyl (C=O) groups is 2. The molecule has 0 aromatic heterocycles. The summed E-state index contributed by atoms with van der Waals surface area (Å²) in [6.07, 6.45) is -0.499. The number of fused-ring (bicyclic) bond motifs is 1. The van der Waals surface area contributed by atoms with Gasteiger partial charge in [0.25, 0.3) is 17.7 Å². The lowest BCUT2D eigenvalue weighted by molar-refractivity contribution is -0.0147. The van der Waals surface area contributed by atoms with Gasteiger partial charge in [0.15, 0.2) is 0 Å². The fourth-order valence-corrected chi connectivity index (χ4v) is 4.13. The van der Waals surface area contributed by atoms with Gasteiger partial charge in [-0.1, -0.05) is 35.3 Å². The van der Waals surface area contributed by atoms with Gasteiger partial charge in [0.2, 0.25) is 0 Å². The smallest absolute Gasteiger partial charge is 0.276 e. The Labute approximate surface area is 200 Å². The fourth-order valence-electron chi connectivity index (χ4n) is 3.81. The van der Waals surface area contributed by atoms with E-state index in [1.54, 1.807) is 55.5 Å². The summed E-state index contributed by atoms with van der Waals surface area (Å²) >= 11 is 11.8. The number of carbonyl (C=O) groups excluding carboxylic acids is 2. The Morgan fingerprint density at radius 2 is 1.70 bits per heavy atom. The minimum atomic E-state index is -3.10. The molecule has 0 bridgehead atoms. The van der Waals surface area contributed by atoms with E-state index in [0.29, 0.717) is 26.7 Å². The van der Waals surface area contributed by atoms with Gasteiger partial charge in [0, 0.05) is 39.7 Å². The van der Waals surface area contributed by atoms with Crippen LogP contribution < -0.4 is 10.2 Å². The number of anilines is 1. The lowest BCUT2D eigenvalue weighted by Gasteiger charge is -2.35. The number of alkyl halides is 2. The normalized spacial score (nSPS) is 15.5. The zero-order chi connectivity index (χ0) is 23.8. The van der Waals surface area contributed by atoms with Gasteiger partial charge >= 0.3 is 0 Å². The summed E-state index contributed by atoms with van der Waals surface area (Å²) in [6.45, 7) is 1.60. The summed E-state index contributed by atoms with van der Waals surface area (Å²) in [7, 11) is 0. The van der Waals surface area contributed by atoms with E-state index >= 15 is 0 Å². The molecule has 4 rings (SSSR count). The molecule has 8 heteroatoms. The van der Waals surface area contributed by atoms with Crippen LogP contribution in [0.15, 0.2) is 66.7 Å².